The van der Waals surface area contributed by atoms with E-state index in [2.05, 4.69) is 26.3 Å². The van der Waals surface area contributed by atoms with Crippen molar-refractivity contribution >= 4 is 21.8 Å². The second-order valence-electron chi connectivity index (χ2n) is 6.63. The van der Waals surface area contributed by atoms with Gasteiger partial charge in [0.1, 0.15) is 11.5 Å². The average Bonchev–Trinajstić information content (AvgIpc) is 3.01. The van der Waals surface area contributed by atoms with Crippen molar-refractivity contribution in [3.63, 3.8) is 0 Å². The molecule has 2 aromatic carbocycles. The third-order valence-corrected chi connectivity index (χ3v) is 5.89. The van der Waals surface area contributed by atoms with E-state index in [1.807, 2.05) is 48.9 Å². The number of amides is 1. The van der Waals surface area contributed by atoms with E-state index in [4.69, 9.17) is 9.47 Å². The van der Waals surface area contributed by atoms with Crippen molar-refractivity contribution in [2.75, 3.05) is 20.8 Å². The Balaban J connectivity index is 1.64. The molecule has 1 amide bonds. The Labute approximate surface area is 179 Å². The average molecular weight is 458 g/mol. The monoisotopic (exact) mass is 457 g/mol. The summed E-state index contributed by atoms with van der Waals surface area (Å²) >= 11 is 3.54. The summed E-state index contributed by atoms with van der Waals surface area (Å²) in [4.78, 5) is 12.5. The van der Waals surface area contributed by atoms with Crippen molar-refractivity contribution in [3.05, 3.63) is 69.5 Å². The summed E-state index contributed by atoms with van der Waals surface area (Å²) in [6.07, 6.45) is 0.643. The quantitative estimate of drug-likeness (QED) is 0.575. The smallest absolute Gasteiger partial charge is 0.251 e. The lowest BCUT2D eigenvalue weighted by Gasteiger charge is -2.11. The zero-order chi connectivity index (χ0) is 21.0. The number of aromatic nitrogens is 2. The predicted octanol–water partition coefficient (Wildman–Crippen LogP) is 4.24. The van der Waals surface area contributed by atoms with Crippen LogP contribution in [0.5, 0.6) is 11.5 Å². The highest BCUT2D eigenvalue weighted by Gasteiger charge is 2.12. The molecular weight excluding hydrogens is 434 g/mol. The Morgan fingerprint density at radius 1 is 1.10 bits per heavy atom. The third kappa shape index (κ3) is 4.62. The Bertz CT molecular complexity index is 1010. The summed E-state index contributed by atoms with van der Waals surface area (Å²) in [5, 5.41) is 7.47. The van der Waals surface area contributed by atoms with Gasteiger partial charge < -0.3 is 14.8 Å². The molecule has 0 radical (unpaired) electrons. The molecule has 152 valence electrons. The van der Waals surface area contributed by atoms with Crippen LogP contribution in [0.15, 0.2) is 46.9 Å². The lowest BCUT2D eigenvalue weighted by atomic mass is 10.1. The zero-order valence-electron chi connectivity index (χ0n) is 17.0. The van der Waals surface area contributed by atoms with Crippen LogP contribution in [0.3, 0.4) is 0 Å². The van der Waals surface area contributed by atoms with E-state index in [1.165, 1.54) is 0 Å². The van der Waals surface area contributed by atoms with E-state index in [0.29, 0.717) is 18.5 Å². The van der Waals surface area contributed by atoms with Crippen molar-refractivity contribution < 1.29 is 14.3 Å². The van der Waals surface area contributed by atoms with E-state index < -0.39 is 0 Å². The first-order chi connectivity index (χ1) is 13.9. The molecule has 6 nitrogen and oxygen atoms in total. The topological polar surface area (TPSA) is 65.4 Å². The molecule has 3 rings (SSSR count). The highest BCUT2D eigenvalue weighted by atomic mass is 79.9. The maximum Gasteiger partial charge on any atom is 0.251 e. The molecule has 3 aromatic rings. The van der Waals surface area contributed by atoms with Gasteiger partial charge in [-0.15, -0.1) is 0 Å². The van der Waals surface area contributed by atoms with Crippen molar-refractivity contribution in [1.82, 2.24) is 15.1 Å². The first kappa shape index (κ1) is 20.9. The normalized spacial score (nSPS) is 10.7. The molecule has 0 saturated carbocycles. The second-order valence-corrected chi connectivity index (χ2v) is 7.42. The van der Waals surface area contributed by atoms with Crippen molar-refractivity contribution in [3.8, 4) is 17.2 Å². The summed E-state index contributed by atoms with van der Waals surface area (Å²) < 4.78 is 13.5. The fourth-order valence-electron chi connectivity index (χ4n) is 3.12. The number of benzene rings is 2. The van der Waals surface area contributed by atoms with Crippen LogP contribution in [-0.4, -0.2) is 36.5 Å². The summed E-state index contributed by atoms with van der Waals surface area (Å²) in [5.74, 6) is 1.42. The maximum absolute atomic E-state index is 12.5. The second kappa shape index (κ2) is 9.13. The molecule has 1 heterocycles. The number of carbonyl (C=O) groups is 1. The van der Waals surface area contributed by atoms with Crippen molar-refractivity contribution in [2.24, 2.45) is 0 Å². The van der Waals surface area contributed by atoms with Gasteiger partial charge in [-0.05, 0) is 84.2 Å². The van der Waals surface area contributed by atoms with E-state index in [0.717, 1.165) is 38.6 Å². The Kier molecular flexibility index (Phi) is 6.59. The van der Waals surface area contributed by atoms with Gasteiger partial charge >= 0.3 is 0 Å². The Morgan fingerprint density at radius 2 is 1.83 bits per heavy atom. The molecule has 0 aliphatic rings. The lowest BCUT2D eigenvalue weighted by Crippen LogP contribution is -2.25. The lowest BCUT2D eigenvalue weighted by molar-refractivity contribution is 0.0954. The molecule has 0 bridgehead atoms. The number of nitrogens with one attached hydrogen (secondary N) is 1. The van der Waals surface area contributed by atoms with Gasteiger partial charge in [0.05, 0.1) is 35.8 Å². The van der Waals surface area contributed by atoms with Crippen LogP contribution >= 0.6 is 15.9 Å². The van der Waals surface area contributed by atoms with Crippen LogP contribution in [0.4, 0.5) is 0 Å². The van der Waals surface area contributed by atoms with Crippen molar-refractivity contribution in [1.29, 1.82) is 0 Å². The standard InChI is InChI=1S/C22H24BrN3O3/c1-14-21(23)15(2)26(25-14)18-7-5-16(6-8-18)22(27)24-12-11-17-13-19(28-3)9-10-20(17)29-4/h5-10,13H,11-12H2,1-4H3,(H,24,27). The summed E-state index contributed by atoms with van der Waals surface area (Å²) in [7, 11) is 3.26. The number of hydrogen-bond donors (Lipinski definition) is 1. The van der Waals surface area contributed by atoms with Gasteiger partial charge in [0, 0.05) is 12.1 Å². The molecule has 29 heavy (non-hydrogen) atoms. The summed E-state index contributed by atoms with van der Waals surface area (Å²) in [6.45, 7) is 4.44. The highest BCUT2D eigenvalue weighted by Crippen LogP contribution is 2.24. The molecule has 0 spiro atoms. The van der Waals surface area contributed by atoms with Crippen LogP contribution in [0.1, 0.15) is 27.3 Å². The minimum Gasteiger partial charge on any atom is -0.497 e. The molecule has 0 aliphatic heterocycles. The summed E-state index contributed by atoms with van der Waals surface area (Å²) in [6, 6.07) is 13.0. The maximum atomic E-state index is 12.5. The van der Waals surface area contributed by atoms with Gasteiger partial charge in [-0.2, -0.15) is 5.10 Å². The van der Waals surface area contributed by atoms with Crippen LogP contribution in [0.25, 0.3) is 5.69 Å². The van der Waals surface area contributed by atoms with E-state index in [-0.39, 0.29) is 5.91 Å². The van der Waals surface area contributed by atoms with Crippen LogP contribution in [0.2, 0.25) is 0 Å². The number of carbonyl (C=O) groups excluding carboxylic acids is 1. The first-order valence-electron chi connectivity index (χ1n) is 9.26. The molecule has 0 unspecified atom stereocenters. The molecule has 1 N–H and O–H groups in total. The molecule has 7 heteroatoms. The van der Waals surface area contributed by atoms with Crippen LogP contribution < -0.4 is 14.8 Å². The molecule has 0 aliphatic carbocycles. The van der Waals surface area contributed by atoms with Gasteiger partial charge in [-0.1, -0.05) is 0 Å². The molecule has 1 aromatic heterocycles. The van der Waals surface area contributed by atoms with E-state index in [9.17, 15) is 4.79 Å². The van der Waals surface area contributed by atoms with Crippen LogP contribution in [-0.2, 0) is 6.42 Å². The minimum absolute atomic E-state index is 0.118. The SMILES string of the molecule is COc1ccc(OC)c(CCNC(=O)c2ccc(-n3nc(C)c(Br)c3C)cc2)c1. The Morgan fingerprint density at radius 3 is 2.41 bits per heavy atom. The van der Waals surface area contributed by atoms with E-state index >= 15 is 0 Å². The first-order valence-corrected chi connectivity index (χ1v) is 10.0. The number of hydrogen-bond acceptors (Lipinski definition) is 4. The van der Waals surface area contributed by atoms with E-state index in [1.54, 1.807) is 26.4 Å². The van der Waals surface area contributed by atoms with Crippen molar-refractivity contribution in [2.45, 2.75) is 20.3 Å². The zero-order valence-corrected chi connectivity index (χ0v) is 18.5. The van der Waals surface area contributed by atoms with Gasteiger partial charge in [0.25, 0.3) is 5.91 Å². The number of methoxy groups -OCH3 is 2. The molecule has 0 atom stereocenters. The third-order valence-electron chi connectivity index (χ3n) is 4.74. The molecule has 0 fully saturated rings. The van der Waals surface area contributed by atoms with Gasteiger partial charge in [0.15, 0.2) is 0 Å². The molecular formula is C22H24BrN3O3. The van der Waals surface area contributed by atoms with Gasteiger partial charge in [-0.25, -0.2) is 4.68 Å². The number of halogens is 1. The highest BCUT2D eigenvalue weighted by molar-refractivity contribution is 9.10. The number of aryl methyl sites for hydroxylation is 1. The number of ether oxygens (including phenoxy) is 2. The minimum atomic E-state index is -0.118. The fourth-order valence-corrected chi connectivity index (χ4v) is 3.37. The van der Waals surface area contributed by atoms with Crippen LogP contribution in [0, 0.1) is 13.8 Å². The number of nitrogens with zero attached hydrogens (tertiary/aromatic N) is 2. The summed E-state index contributed by atoms with van der Waals surface area (Å²) in [5.41, 5.74) is 4.45. The number of rotatable bonds is 7. The van der Waals surface area contributed by atoms with Gasteiger partial charge in [-0.3, -0.25) is 4.79 Å². The largest absolute Gasteiger partial charge is 0.497 e. The molecule has 0 saturated heterocycles. The van der Waals surface area contributed by atoms with Gasteiger partial charge in [0.2, 0.25) is 0 Å². The Hall–Kier alpha value is -2.80. The fraction of sp³-hybridized carbons (Fsp3) is 0.273. The predicted molar refractivity (Wildman–Crippen MR) is 116 cm³/mol.